The first kappa shape index (κ1) is 15.7. The van der Waals surface area contributed by atoms with Gasteiger partial charge in [0.15, 0.2) is 5.78 Å². The number of fused-ring (bicyclic) bond motifs is 5. The first-order valence-electron chi connectivity index (χ1n) is 9.97. The summed E-state index contributed by atoms with van der Waals surface area (Å²) < 4.78 is 0. The number of rotatable bonds is 1. The quantitative estimate of drug-likeness (QED) is 0.555. The lowest BCUT2D eigenvalue weighted by Gasteiger charge is -2.54. The smallest absolute Gasteiger partial charge is 0.155 e. The third-order valence-electron chi connectivity index (χ3n) is 8.05. The summed E-state index contributed by atoms with van der Waals surface area (Å²) >= 11 is 0. The lowest BCUT2D eigenvalue weighted by Crippen LogP contribution is -2.46. The van der Waals surface area contributed by atoms with Crippen LogP contribution in [0.15, 0.2) is 22.8 Å². The van der Waals surface area contributed by atoms with E-state index >= 15 is 0 Å². The largest absolute Gasteiger partial charge is 0.295 e. The van der Waals surface area contributed by atoms with Gasteiger partial charge in [-0.3, -0.25) is 4.79 Å². The summed E-state index contributed by atoms with van der Waals surface area (Å²) in [5.41, 5.74) is 5.48. The molecule has 3 saturated carbocycles. The van der Waals surface area contributed by atoms with Crippen molar-refractivity contribution in [3.8, 4) is 0 Å². The van der Waals surface area contributed by atoms with Crippen LogP contribution in [-0.4, -0.2) is 5.78 Å². The van der Waals surface area contributed by atoms with Crippen molar-refractivity contribution in [3.63, 3.8) is 0 Å². The van der Waals surface area contributed by atoms with Crippen molar-refractivity contribution in [2.45, 2.75) is 78.6 Å². The van der Waals surface area contributed by atoms with E-state index in [0.717, 1.165) is 36.5 Å². The Labute approximate surface area is 141 Å². The van der Waals surface area contributed by atoms with Crippen molar-refractivity contribution in [2.24, 2.45) is 29.1 Å². The van der Waals surface area contributed by atoms with Crippen LogP contribution in [0.5, 0.6) is 0 Å². The minimum Gasteiger partial charge on any atom is -0.295 e. The van der Waals surface area contributed by atoms with Gasteiger partial charge in [0.05, 0.1) is 0 Å². The lowest BCUT2D eigenvalue weighted by molar-refractivity contribution is -0.116. The highest BCUT2D eigenvalue weighted by Gasteiger charge is 2.55. The van der Waals surface area contributed by atoms with Gasteiger partial charge in [-0.15, -0.1) is 0 Å². The number of ketones is 1. The number of carbonyl (C=O) groups is 1. The minimum atomic E-state index is 0.390. The van der Waals surface area contributed by atoms with Gasteiger partial charge in [-0.1, -0.05) is 23.6 Å². The first-order chi connectivity index (χ1) is 11.1. The van der Waals surface area contributed by atoms with Crippen LogP contribution in [0.3, 0.4) is 0 Å². The monoisotopic (exact) mass is 312 g/mol. The Morgan fingerprint density at radius 2 is 1.91 bits per heavy atom. The zero-order valence-electron chi connectivity index (χ0n) is 15.2. The molecule has 4 rings (SSSR count). The topological polar surface area (TPSA) is 17.1 Å². The second-order valence-electron chi connectivity index (χ2n) is 8.87. The number of hydrogen-bond acceptors (Lipinski definition) is 1. The van der Waals surface area contributed by atoms with Crippen molar-refractivity contribution < 1.29 is 4.79 Å². The molecule has 3 fully saturated rings. The van der Waals surface area contributed by atoms with Crippen LogP contribution < -0.4 is 0 Å². The van der Waals surface area contributed by atoms with E-state index in [-0.39, 0.29) is 0 Å². The van der Waals surface area contributed by atoms with E-state index in [4.69, 9.17) is 0 Å². The minimum absolute atomic E-state index is 0.390. The van der Waals surface area contributed by atoms with Crippen LogP contribution >= 0.6 is 0 Å². The molecular weight excluding hydrogens is 280 g/mol. The van der Waals surface area contributed by atoms with Gasteiger partial charge >= 0.3 is 0 Å². The SMILES string of the molecule is CC[C@]12CC[C@H]3[C@@H](CCC4=CC(=O)CC[C@@H]43)[C@@H]1CCC2=C(C)C. The lowest BCUT2D eigenvalue weighted by atomic mass is 9.50. The molecule has 4 aliphatic rings. The standard InChI is InChI=1S/C22H32O/c1-4-22-12-11-18-17-8-6-16(23)13-15(17)5-7-19(18)21(22)10-9-20(22)14(2)3/h13,17-19,21H,4-12H2,1-3H3/t17-,18+,19+,21-,22+/m0/s1. The maximum atomic E-state index is 11.8. The summed E-state index contributed by atoms with van der Waals surface area (Å²) in [6.07, 6.45) is 13.5. The van der Waals surface area contributed by atoms with Crippen LogP contribution in [0.4, 0.5) is 0 Å². The first-order valence-corrected chi connectivity index (χ1v) is 9.97. The van der Waals surface area contributed by atoms with Gasteiger partial charge in [-0.2, -0.15) is 0 Å². The Bertz CT molecular complexity index is 577. The molecule has 0 spiro atoms. The average Bonchev–Trinajstić information content (AvgIpc) is 2.94. The third-order valence-corrected chi connectivity index (χ3v) is 8.05. The van der Waals surface area contributed by atoms with Gasteiger partial charge in [0, 0.05) is 6.42 Å². The predicted octanol–water partition coefficient (Wildman–Crippen LogP) is 5.85. The van der Waals surface area contributed by atoms with E-state index in [1.165, 1.54) is 50.5 Å². The summed E-state index contributed by atoms with van der Waals surface area (Å²) in [4.78, 5) is 11.8. The molecule has 0 saturated heterocycles. The summed E-state index contributed by atoms with van der Waals surface area (Å²) in [6.45, 7) is 7.13. The Morgan fingerprint density at radius 1 is 1.09 bits per heavy atom. The molecular formula is C22H32O. The highest BCUT2D eigenvalue weighted by molar-refractivity contribution is 5.91. The van der Waals surface area contributed by atoms with Crippen LogP contribution in [0.25, 0.3) is 0 Å². The van der Waals surface area contributed by atoms with Crippen molar-refractivity contribution in [1.29, 1.82) is 0 Å². The van der Waals surface area contributed by atoms with Crippen molar-refractivity contribution in [2.75, 3.05) is 0 Å². The van der Waals surface area contributed by atoms with Crippen LogP contribution in [0.1, 0.15) is 78.6 Å². The molecule has 5 atom stereocenters. The number of hydrogen-bond donors (Lipinski definition) is 0. The molecule has 0 bridgehead atoms. The average molecular weight is 312 g/mol. The second kappa shape index (κ2) is 5.60. The fraction of sp³-hybridized carbons (Fsp3) is 0.773. The highest BCUT2D eigenvalue weighted by atomic mass is 16.1. The molecule has 126 valence electrons. The van der Waals surface area contributed by atoms with E-state index in [2.05, 4.69) is 20.8 Å². The normalized spacial score (nSPS) is 42.7. The van der Waals surface area contributed by atoms with Crippen molar-refractivity contribution in [1.82, 2.24) is 0 Å². The summed E-state index contributed by atoms with van der Waals surface area (Å²) in [6, 6.07) is 0. The van der Waals surface area contributed by atoms with Gasteiger partial charge in [0.2, 0.25) is 0 Å². The van der Waals surface area contributed by atoms with E-state index in [1.54, 1.807) is 5.57 Å². The zero-order valence-corrected chi connectivity index (χ0v) is 15.2. The molecule has 1 heteroatoms. The predicted molar refractivity (Wildman–Crippen MR) is 95.1 cm³/mol. The molecule has 0 aliphatic heterocycles. The van der Waals surface area contributed by atoms with Crippen LogP contribution in [0, 0.1) is 29.1 Å². The number of carbonyl (C=O) groups excluding carboxylic acids is 1. The van der Waals surface area contributed by atoms with Gasteiger partial charge in [0.1, 0.15) is 0 Å². The summed E-state index contributed by atoms with van der Waals surface area (Å²) in [7, 11) is 0. The van der Waals surface area contributed by atoms with Gasteiger partial charge in [0.25, 0.3) is 0 Å². The molecule has 1 nitrogen and oxygen atoms in total. The molecule has 0 unspecified atom stereocenters. The molecule has 0 heterocycles. The van der Waals surface area contributed by atoms with Gasteiger partial charge in [-0.25, -0.2) is 0 Å². The molecule has 0 aromatic carbocycles. The summed E-state index contributed by atoms with van der Waals surface area (Å²) in [5.74, 6) is 3.87. The summed E-state index contributed by atoms with van der Waals surface area (Å²) in [5, 5.41) is 0. The zero-order chi connectivity index (χ0) is 16.2. The Kier molecular flexibility index (Phi) is 3.82. The molecule has 0 aromatic rings. The molecule has 23 heavy (non-hydrogen) atoms. The fourth-order valence-corrected chi connectivity index (χ4v) is 7.21. The third kappa shape index (κ3) is 2.22. The van der Waals surface area contributed by atoms with E-state index in [0.29, 0.717) is 11.2 Å². The molecule has 0 aromatic heterocycles. The van der Waals surface area contributed by atoms with Crippen LogP contribution in [-0.2, 0) is 4.79 Å². The molecule has 0 amide bonds. The molecule has 0 radical (unpaired) electrons. The molecule has 0 N–H and O–H groups in total. The molecule has 4 aliphatic carbocycles. The fourth-order valence-electron chi connectivity index (χ4n) is 7.21. The number of allylic oxidation sites excluding steroid dienone is 3. The van der Waals surface area contributed by atoms with Gasteiger partial charge < -0.3 is 0 Å². The van der Waals surface area contributed by atoms with Crippen molar-refractivity contribution >= 4 is 5.78 Å². The van der Waals surface area contributed by atoms with Crippen LogP contribution in [0.2, 0.25) is 0 Å². The van der Waals surface area contributed by atoms with E-state index < -0.39 is 0 Å². The Balaban J connectivity index is 1.67. The maximum Gasteiger partial charge on any atom is 0.155 e. The maximum absolute atomic E-state index is 11.8. The van der Waals surface area contributed by atoms with E-state index in [9.17, 15) is 4.79 Å². The Hall–Kier alpha value is -0.850. The van der Waals surface area contributed by atoms with Crippen molar-refractivity contribution in [3.05, 3.63) is 22.8 Å². The van der Waals surface area contributed by atoms with E-state index in [1.807, 2.05) is 11.6 Å². The van der Waals surface area contributed by atoms with Gasteiger partial charge in [-0.05, 0) is 100 Å². The highest BCUT2D eigenvalue weighted by Crippen LogP contribution is 2.65. The Morgan fingerprint density at radius 3 is 2.65 bits per heavy atom. The second-order valence-corrected chi connectivity index (χ2v) is 8.87.